The van der Waals surface area contributed by atoms with E-state index in [0.29, 0.717) is 0 Å². The fraction of sp³-hybridized carbons (Fsp3) is 0.800. The minimum absolute atomic E-state index is 0.0520. The van der Waals surface area contributed by atoms with Crippen molar-refractivity contribution in [2.45, 2.75) is 13.8 Å². The van der Waals surface area contributed by atoms with Crippen LogP contribution in [0.5, 0.6) is 0 Å². The molecule has 7 heteroatoms. The van der Waals surface area contributed by atoms with E-state index in [9.17, 15) is 4.57 Å². The number of hydrogen-bond acceptors (Lipinski definition) is 3. The SMILES string of the molecule is CCOP(=O)(OCC)C(I)=[N+]=[N-]. The van der Waals surface area contributed by atoms with E-state index in [-0.39, 0.29) is 16.7 Å². The summed E-state index contributed by atoms with van der Waals surface area (Å²) in [5.41, 5.74) is 8.37. The average Bonchev–Trinajstić information content (AvgIpc) is 2.04. The van der Waals surface area contributed by atoms with Crippen molar-refractivity contribution in [1.82, 2.24) is 0 Å². The number of nitrogens with zero attached hydrogens (tertiary/aromatic N) is 2. The molecule has 0 amide bonds. The average molecular weight is 304 g/mol. The molecular weight excluding hydrogens is 294 g/mol. The van der Waals surface area contributed by atoms with E-state index in [1.165, 1.54) is 0 Å². The monoisotopic (exact) mass is 304 g/mol. The Morgan fingerprint density at radius 3 is 2.17 bits per heavy atom. The van der Waals surface area contributed by atoms with Crippen LogP contribution in [0.25, 0.3) is 5.53 Å². The molecule has 0 aliphatic carbocycles. The summed E-state index contributed by atoms with van der Waals surface area (Å²) in [6.07, 6.45) is 0. The van der Waals surface area contributed by atoms with Crippen molar-refractivity contribution in [2.24, 2.45) is 0 Å². The highest BCUT2D eigenvalue weighted by molar-refractivity contribution is 14.1. The van der Waals surface area contributed by atoms with Crippen LogP contribution in [0.4, 0.5) is 0 Å². The molecule has 0 rings (SSSR count). The fourth-order valence-corrected chi connectivity index (χ4v) is 2.45. The molecule has 0 bridgehead atoms. The minimum Gasteiger partial charge on any atom is -0.360 e. The molecule has 0 aromatic rings. The maximum Gasteiger partial charge on any atom is 0.448 e. The zero-order valence-electron chi connectivity index (χ0n) is 6.86. The Bertz CT molecular complexity index is 229. The van der Waals surface area contributed by atoms with Crippen LogP contribution in [0.2, 0.25) is 0 Å². The smallest absolute Gasteiger partial charge is 0.360 e. The summed E-state index contributed by atoms with van der Waals surface area (Å²) in [6, 6.07) is 0. The first-order chi connectivity index (χ1) is 5.60. The van der Waals surface area contributed by atoms with Gasteiger partial charge in [0.1, 0.15) is 0 Å². The van der Waals surface area contributed by atoms with Crippen molar-refractivity contribution in [3.8, 4) is 0 Å². The summed E-state index contributed by atoms with van der Waals surface area (Å²) in [7, 11) is -3.32. The second-order valence-corrected chi connectivity index (χ2v) is 5.51. The normalized spacial score (nSPS) is 10.9. The number of rotatable bonds is 5. The van der Waals surface area contributed by atoms with E-state index in [0.717, 1.165) is 0 Å². The third-order valence-corrected chi connectivity index (χ3v) is 4.63. The van der Waals surface area contributed by atoms with Gasteiger partial charge in [-0.3, -0.25) is 0 Å². The van der Waals surface area contributed by atoms with Crippen LogP contribution in [0.1, 0.15) is 13.8 Å². The van der Waals surface area contributed by atoms with E-state index in [2.05, 4.69) is 4.79 Å². The van der Waals surface area contributed by atoms with Gasteiger partial charge in [-0.1, -0.05) is 0 Å². The summed E-state index contributed by atoms with van der Waals surface area (Å²) < 4.78 is 21.3. The van der Waals surface area contributed by atoms with Crippen LogP contribution < -0.4 is 0 Å². The highest BCUT2D eigenvalue weighted by Crippen LogP contribution is 2.50. The minimum atomic E-state index is -3.32. The van der Waals surface area contributed by atoms with Crippen molar-refractivity contribution in [3.05, 3.63) is 5.53 Å². The second kappa shape index (κ2) is 5.83. The van der Waals surface area contributed by atoms with Gasteiger partial charge in [-0.05, 0) is 13.8 Å². The zero-order chi connectivity index (χ0) is 9.61. The molecule has 0 atom stereocenters. The van der Waals surface area contributed by atoms with Crippen molar-refractivity contribution in [3.63, 3.8) is 0 Å². The van der Waals surface area contributed by atoms with Crippen LogP contribution in [-0.4, -0.2) is 21.5 Å². The second-order valence-electron chi connectivity index (χ2n) is 1.70. The van der Waals surface area contributed by atoms with E-state index in [1.807, 2.05) is 0 Å². The molecule has 0 spiro atoms. The van der Waals surface area contributed by atoms with Crippen LogP contribution in [0.15, 0.2) is 0 Å². The molecule has 0 unspecified atom stereocenters. The Balaban J connectivity index is 4.62. The quantitative estimate of drug-likeness (QED) is 0.257. The van der Waals surface area contributed by atoms with Gasteiger partial charge < -0.3 is 14.6 Å². The van der Waals surface area contributed by atoms with Crippen molar-refractivity contribution < 1.29 is 18.4 Å². The summed E-state index contributed by atoms with van der Waals surface area (Å²) in [4.78, 5) is 2.79. The van der Waals surface area contributed by atoms with Gasteiger partial charge in [-0.2, -0.15) is 4.79 Å². The molecule has 0 saturated heterocycles. The molecular formula is C5H10IN2O3P. The van der Waals surface area contributed by atoms with Crippen molar-refractivity contribution in [2.75, 3.05) is 13.2 Å². The lowest BCUT2D eigenvalue weighted by Gasteiger charge is -2.09. The topological polar surface area (TPSA) is 71.9 Å². The lowest BCUT2D eigenvalue weighted by atomic mass is 10.9. The Morgan fingerprint density at radius 1 is 1.50 bits per heavy atom. The van der Waals surface area contributed by atoms with Gasteiger partial charge in [0.05, 0.1) is 35.8 Å². The summed E-state index contributed by atoms with van der Waals surface area (Å²) in [5, 5.41) is 0. The van der Waals surface area contributed by atoms with Crippen LogP contribution in [0.3, 0.4) is 0 Å². The fourth-order valence-electron chi connectivity index (χ4n) is 0.538. The summed E-state index contributed by atoms with van der Waals surface area (Å²) >= 11 is 1.62. The highest BCUT2D eigenvalue weighted by atomic mass is 127. The Kier molecular flexibility index (Phi) is 5.96. The molecule has 12 heavy (non-hydrogen) atoms. The summed E-state index contributed by atoms with van der Waals surface area (Å²) in [5.74, 6) is 0. The van der Waals surface area contributed by atoms with Gasteiger partial charge >= 0.3 is 11.1 Å². The highest BCUT2D eigenvalue weighted by Gasteiger charge is 2.37. The molecule has 0 N–H and O–H groups in total. The number of halogens is 1. The first-order valence-electron chi connectivity index (χ1n) is 3.38. The lowest BCUT2D eigenvalue weighted by Crippen LogP contribution is -2.01. The summed E-state index contributed by atoms with van der Waals surface area (Å²) in [6.45, 7) is 3.87. The molecule has 0 fully saturated rings. The van der Waals surface area contributed by atoms with E-state index < -0.39 is 7.60 Å². The zero-order valence-corrected chi connectivity index (χ0v) is 9.91. The Hall–Kier alpha value is 0.260. The molecule has 0 aromatic carbocycles. The molecule has 0 aromatic heterocycles. The standard InChI is InChI=1S/C5H10IN2O3P/c1-3-10-12(9,11-4-2)5(6)8-7/h3-4H2,1-2H3. The molecule has 0 aliphatic heterocycles. The lowest BCUT2D eigenvalue weighted by molar-refractivity contribution is 0.00302. The maximum atomic E-state index is 11.6. The van der Waals surface area contributed by atoms with Gasteiger partial charge in [-0.15, -0.1) is 0 Å². The maximum absolute atomic E-state index is 11.6. The van der Waals surface area contributed by atoms with Crippen LogP contribution >= 0.6 is 30.2 Å². The van der Waals surface area contributed by atoms with E-state index >= 15 is 0 Å². The van der Waals surface area contributed by atoms with E-state index in [4.69, 9.17) is 14.6 Å². The first-order valence-corrected chi connectivity index (χ1v) is 6.00. The predicted molar refractivity (Wildman–Crippen MR) is 53.5 cm³/mol. The van der Waals surface area contributed by atoms with E-state index in [1.54, 1.807) is 36.4 Å². The molecule has 0 heterocycles. The Labute approximate surface area is 84.7 Å². The molecule has 0 aliphatic rings. The van der Waals surface area contributed by atoms with Crippen molar-refractivity contribution in [1.29, 1.82) is 0 Å². The third kappa shape index (κ3) is 3.33. The number of hydrogen-bond donors (Lipinski definition) is 0. The third-order valence-electron chi connectivity index (χ3n) is 0.907. The van der Waals surface area contributed by atoms with Gasteiger partial charge in [0, 0.05) is 0 Å². The first kappa shape index (κ1) is 12.3. The molecule has 5 nitrogen and oxygen atoms in total. The van der Waals surface area contributed by atoms with Crippen LogP contribution in [0, 0.1) is 0 Å². The molecule has 0 saturated carbocycles. The predicted octanol–water partition coefficient (Wildman–Crippen LogP) is 2.27. The molecule has 0 radical (unpaired) electrons. The molecule has 70 valence electrons. The van der Waals surface area contributed by atoms with Crippen molar-refractivity contribution >= 4 is 33.6 Å². The van der Waals surface area contributed by atoms with Gasteiger partial charge in [0.25, 0.3) is 0 Å². The van der Waals surface area contributed by atoms with Gasteiger partial charge in [0.2, 0.25) is 0 Å². The largest absolute Gasteiger partial charge is 0.448 e. The van der Waals surface area contributed by atoms with Crippen LogP contribution in [-0.2, 0) is 13.6 Å². The Morgan fingerprint density at radius 2 is 1.92 bits per heavy atom. The van der Waals surface area contributed by atoms with Gasteiger partial charge in [0.15, 0.2) is 0 Å². The van der Waals surface area contributed by atoms with Gasteiger partial charge in [-0.25, -0.2) is 4.57 Å².